The van der Waals surface area contributed by atoms with Gasteiger partial charge in [-0.2, -0.15) is 0 Å². The van der Waals surface area contributed by atoms with Gasteiger partial charge < -0.3 is 19.1 Å². The van der Waals surface area contributed by atoms with Crippen LogP contribution in [0.5, 0.6) is 11.5 Å². The van der Waals surface area contributed by atoms with E-state index in [1.54, 1.807) is 7.05 Å². The van der Waals surface area contributed by atoms with Gasteiger partial charge in [-0.15, -0.1) is 12.4 Å². The van der Waals surface area contributed by atoms with Crippen LogP contribution in [0.3, 0.4) is 0 Å². The van der Waals surface area contributed by atoms with Crippen LogP contribution in [0.4, 0.5) is 10.5 Å². The average Bonchev–Trinajstić information content (AvgIpc) is 2.78. The molecule has 10 heteroatoms. The van der Waals surface area contributed by atoms with Crippen molar-refractivity contribution < 1.29 is 33.4 Å². The van der Waals surface area contributed by atoms with Crippen LogP contribution >= 0.6 is 12.4 Å². The summed E-state index contributed by atoms with van der Waals surface area (Å²) in [6.45, 7) is 4.33. The molecule has 2 rings (SSSR count). The second-order valence-electron chi connectivity index (χ2n) is 7.33. The number of carbonyl (C=O) groups is 4. The van der Waals surface area contributed by atoms with Gasteiger partial charge in [-0.05, 0) is 31.0 Å². The smallest absolute Gasteiger partial charge is 0.328 e. The lowest BCUT2D eigenvalue weighted by atomic mass is 10.1. The second-order valence-corrected chi connectivity index (χ2v) is 7.33. The predicted molar refractivity (Wildman–Crippen MR) is 128 cm³/mol. The third-order valence-electron chi connectivity index (χ3n) is 4.75. The van der Waals surface area contributed by atoms with Gasteiger partial charge in [-0.1, -0.05) is 30.3 Å². The van der Waals surface area contributed by atoms with E-state index in [1.807, 2.05) is 30.3 Å². The van der Waals surface area contributed by atoms with Gasteiger partial charge in [-0.25, -0.2) is 9.59 Å². The van der Waals surface area contributed by atoms with E-state index in [4.69, 9.17) is 14.2 Å². The summed E-state index contributed by atoms with van der Waals surface area (Å²) < 4.78 is 15.1. The molecular formula is C24H29ClN2O7. The summed E-state index contributed by atoms with van der Waals surface area (Å²) in [7, 11) is 2.86. The number of ether oxygens (including phenoxy) is 3. The highest BCUT2D eigenvalue weighted by Crippen LogP contribution is 2.34. The second kappa shape index (κ2) is 13.2. The molecule has 0 N–H and O–H groups in total. The van der Waals surface area contributed by atoms with E-state index < -0.39 is 30.0 Å². The topological polar surface area (TPSA) is 102 Å². The Labute approximate surface area is 205 Å². The van der Waals surface area contributed by atoms with Crippen LogP contribution in [0.1, 0.15) is 26.3 Å². The van der Waals surface area contributed by atoms with Crippen molar-refractivity contribution in [3.8, 4) is 11.5 Å². The minimum absolute atomic E-state index is 0. The number of anilines is 1. The van der Waals surface area contributed by atoms with Gasteiger partial charge in [0.15, 0.2) is 11.5 Å². The van der Waals surface area contributed by atoms with Crippen LogP contribution in [0.2, 0.25) is 0 Å². The molecule has 0 radical (unpaired) electrons. The van der Waals surface area contributed by atoms with E-state index >= 15 is 0 Å². The van der Waals surface area contributed by atoms with Crippen LogP contribution < -0.4 is 14.4 Å². The predicted octanol–water partition coefficient (Wildman–Crippen LogP) is 3.62. The Morgan fingerprint density at radius 2 is 1.50 bits per heavy atom. The Bertz CT molecular complexity index is 1010. The van der Waals surface area contributed by atoms with Gasteiger partial charge in [0.1, 0.15) is 6.04 Å². The number of amides is 2. The molecule has 0 bridgehead atoms. The molecule has 2 aromatic rings. The van der Waals surface area contributed by atoms with E-state index in [2.05, 4.69) is 0 Å². The zero-order chi connectivity index (χ0) is 24.5. The van der Waals surface area contributed by atoms with Crippen molar-refractivity contribution in [2.24, 2.45) is 0 Å². The number of benzene rings is 2. The number of hydrogen-bond donors (Lipinski definition) is 0. The third kappa shape index (κ3) is 7.77. The highest BCUT2D eigenvalue weighted by Gasteiger charge is 2.31. The summed E-state index contributed by atoms with van der Waals surface area (Å²) in [4.78, 5) is 51.4. The maximum Gasteiger partial charge on any atom is 0.328 e. The first-order valence-electron chi connectivity index (χ1n) is 10.3. The van der Waals surface area contributed by atoms with Crippen molar-refractivity contribution in [1.29, 1.82) is 0 Å². The molecule has 2 amide bonds. The van der Waals surface area contributed by atoms with Crippen molar-refractivity contribution >= 4 is 42.0 Å². The van der Waals surface area contributed by atoms with E-state index in [1.165, 1.54) is 55.9 Å². The molecule has 184 valence electrons. The van der Waals surface area contributed by atoms with Crippen molar-refractivity contribution in [2.45, 2.75) is 33.2 Å². The zero-order valence-electron chi connectivity index (χ0n) is 19.8. The lowest BCUT2D eigenvalue weighted by Crippen LogP contribution is -2.50. The normalized spacial score (nSPS) is 10.9. The Balaban J connectivity index is 0.00000578. The molecule has 2 aromatic carbocycles. The fourth-order valence-electron chi connectivity index (χ4n) is 3.12. The lowest BCUT2D eigenvalue weighted by molar-refractivity contribution is -0.141. The minimum Gasteiger partial charge on any atom is -0.467 e. The molecule has 0 fully saturated rings. The lowest BCUT2D eigenvalue weighted by Gasteiger charge is -2.32. The minimum atomic E-state index is -0.980. The number of halogens is 1. The molecular weight excluding hydrogens is 464 g/mol. The number of urea groups is 1. The quantitative estimate of drug-likeness (QED) is 0.409. The fraction of sp³-hybridized carbons (Fsp3) is 0.333. The molecule has 1 unspecified atom stereocenters. The maximum atomic E-state index is 13.4. The number of esters is 3. The molecule has 34 heavy (non-hydrogen) atoms. The van der Waals surface area contributed by atoms with E-state index in [9.17, 15) is 19.2 Å². The molecule has 0 aromatic heterocycles. The first kappa shape index (κ1) is 28.4. The molecule has 0 spiro atoms. The number of hydrogen-bond acceptors (Lipinski definition) is 7. The maximum absolute atomic E-state index is 13.4. The van der Waals surface area contributed by atoms with Gasteiger partial charge in [0, 0.05) is 33.5 Å². The molecule has 0 aliphatic carbocycles. The standard InChI is InChI=1S/C24H28N2O7.ClH/c1-16(23(29)31-5)26(24(30)25(4)14-13-19-9-7-6-8-10-19)20-11-12-21(32-17(2)27)22(15-20)33-18(3)28;/h6-12,15-16H,13-14H2,1-5H3;1H. The number of carbonyl (C=O) groups excluding carboxylic acids is 4. The Morgan fingerprint density at radius 1 is 0.912 bits per heavy atom. The molecule has 9 nitrogen and oxygen atoms in total. The third-order valence-corrected chi connectivity index (χ3v) is 4.75. The molecule has 0 saturated heterocycles. The fourth-order valence-corrected chi connectivity index (χ4v) is 3.12. The molecule has 0 aliphatic heterocycles. The molecule has 0 aliphatic rings. The molecule has 0 heterocycles. The molecule has 0 saturated carbocycles. The van der Waals surface area contributed by atoms with Gasteiger partial charge >= 0.3 is 23.9 Å². The Kier molecular flexibility index (Phi) is 11.0. The summed E-state index contributed by atoms with van der Waals surface area (Å²) in [5.41, 5.74) is 1.32. The van der Waals surface area contributed by atoms with E-state index in [0.29, 0.717) is 13.0 Å². The first-order chi connectivity index (χ1) is 15.6. The van der Waals surface area contributed by atoms with Crippen LogP contribution in [0.15, 0.2) is 48.5 Å². The van der Waals surface area contributed by atoms with Crippen molar-refractivity contribution in [2.75, 3.05) is 25.6 Å². The zero-order valence-corrected chi connectivity index (χ0v) is 20.6. The number of methoxy groups -OCH3 is 1. The van der Waals surface area contributed by atoms with Crippen LogP contribution in [0, 0.1) is 0 Å². The summed E-state index contributed by atoms with van der Waals surface area (Å²) in [6.07, 6.45) is 0.619. The van der Waals surface area contributed by atoms with Crippen molar-refractivity contribution in [3.05, 3.63) is 54.1 Å². The van der Waals surface area contributed by atoms with E-state index in [0.717, 1.165) is 5.56 Å². The van der Waals surface area contributed by atoms with Crippen LogP contribution in [0.25, 0.3) is 0 Å². The highest BCUT2D eigenvalue weighted by molar-refractivity contribution is 5.98. The van der Waals surface area contributed by atoms with Gasteiger partial charge in [0.25, 0.3) is 0 Å². The first-order valence-corrected chi connectivity index (χ1v) is 10.3. The number of rotatable bonds is 8. The van der Waals surface area contributed by atoms with Gasteiger partial charge in [0.05, 0.1) is 12.8 Å². The highest BCUT2D eigenvalue weighted by atomic mass is 35.5. The summed E-state index contributed by atoms with van der Waals surface area (Å²) >= 11 is 0. The van der Waals surface area contributed by atoms with Crippen LogP contribution in [-0.4, -0.2) is 55.6 Å². The summed E-state index contributed by atoms with van der Waals surface area (Å²) in [6, 6.07) is 12.5. The van der Waals surface area contributed by atoms with Gasteiger partial charge in [0.2, 0.25) is 0 Å². The number of nitrogens with zero attached hydrogens (tertiary/aromatic N) is 2. The average molecular weight is 493 g/mol. The van der Waals surface area contributed by atoms with Crippen LogP contribution in [-0.2, 0) is 25.5 Å². The van der Waals surface area contributed by atoms with Crippen molar-refractivity contribution in [1.82, 2.24) is 4.90 Å². The SMILES string of the molecule is COC(=O)C(C)N(C(=O)N(C)CCc1ccccc1)c1ccc(OC(C)=O)c(OC(C)=O)c1.Cl. The summed E-state index contributed by atoms with van der Waals surface area (Å²) in [5.74, 6) is -1.92. The van der Waals surface area contributed by atoms with Gasteiger partial charge in [-0.3, -0.25) is 14.5 Å². The van der Waals surface area contributed by atoms with Crippen molar-refractivity contribution in [3.63, 3.8) is 0 Å². The monoisotopic (exact) mass is 492 g/mol. The van der Waals surface area contributed by atoms with E-state index in [-0.39, 0.29) is 29.6 Å². The summed E-state index contributed by atoms with van der Waals surface area (Å²) in [5, 5.41) is 0. The largest absolute Gasteiger partial charge is 0.467 e. The Morgan fingerprint density at radius 3 is 2.06 bits per heavy atom. The molecule has 1 atom stereocenters. The Hall–Kier alpha value is -3.59. The number of likely N-dealkylation sites (N-methyl/N-ethyl adjacent to an activating group) is 1.